The number of nitrogens with zero attached hydrogens (tertiary/aromatic N) is 1. The number of hydrogen-bond donors (Lipinski definition) is 1. The first kappa shape index (κ1) is 14.5. The molecule has 1 saturated carbocycles. The molecule has 1 amide bonds. The van der Waals surface area contributed by atoms with Gasteiger partial charge in [0.15, 0.2) is 0 Å². The van der Waals surface area contributed by atoms with E-state index in [4.69, 9.17) is 5.73 Å². The summed E-state index contributed by atoms with van der Waals surface area (Å²) in [7, 11) is 0. The second kappa shape index (κ2) is 7.00. The van der Waals surface area contributed by atoms with Crippen LogP contribution in [0.5, 0.6) is 0 Å². The van der Waals surface area contributed by atoms with Gasteiger partial charge >= 0.3 is 0 Å². The van der Waals surface area contributed by atoms with Gasteiger partial charge in [0.05, 0.1) is 0 Å². The van der Waals surface area contributed by atoms with Gasteiger partial charge in [0, 0.05) is 18.5 Å². The summed E-state index contributed by atoms with van der Waals surface area (Å²) in [5.41, 5.74) is 5.62. The maximum absolute atomic E-state index is 12.4. The molecule has 1 fully saturated rings. The molecule has 0 saturated heterocycles. The lowest BCUT2D eigenvalue weighted by molar-refractivity contribution is -0.138. The van der Waals surface area contributed by atoms with Gasteiger partial charge in [-0.1, -0.05) is 12.8 Å². The number of rotatable bonds is 5. The predicted octanol–water partition coefficient (Wildman–Crippen LogP) is 2.40. The monoisotopic (exact) mass is 240 g/mol. The van der Waals surface area contributed by atoms with Crippen molar-refractivity contribution in [1.82, 2.24) is 4.90 Å². The van der Waals surface area contributed by atoms with Crippen LogP contribution in [0.15, 0.2) is 0 Å². The van der Waals surface area contributed by atoms with E-state index in [2.05, 4.69) is 20.8 Å². The fourth-order valence-electron chi connectivity index (χ4n) is 3.02. The minimum Gasteiger partial charge on any atom is -0.340 e. The maximum Gasteiger partial charge on any atom is 0.225 e. The van der Waals surface area contributed by atoms with E-state index in [1.165, 1.54) is 12.8 Å². The summed E-state index contributed by atoms with van der Waals surface area (Å²) in [5.74, 6) is 1.29. The van der Waals surface area contributed by atoms with Gasteiger partial charge in [-0.05, 0) is 52.5 Å². The van der Waals surface area contributed by atoms with Crippen LogP contribution in [0.1, 0.15) is 52.9 Å². The molecule has 0 aromatic heterocycles. The molecule has 0 aliphatic heterocycles. The van der Waals surface area contributed by atoms with Gasteiger partial charge in [0.1, 0.15) is 0 Å². The third kappa shape index (κ3) is 3.98. The van der Waals surface area contributed by atoms with E-state index < -0.39 is 0 Å². The minimum absolute atomic E-state index is 0.252. The van der Waals surface area contributed by atoms with Crippen molar-refractivity contribution < 1.29 is 4.79 Å². The van der Waals surface area contributed by atoms with Gasteiger partial charge in [-0.25, -0.2) is 0 Å². The molecule has 0 radical (unpaired) electrons. The molecular formula is C14H28N2O. The van der Waals surface area contributed by atoms with Crippen LogP contribution in [0.3, 0.4) is 0 Å². The first-order valence-electron chi connectivity index (χ1n) is 7.10. The van der Waals surface area contributed by atoms with Crippen molar-refractivity contribution in [3.63, 3.8) is 0 Å². The first-order chi connectivity index (χ1) is 8.10. The largest absolute Gasteiger partial charge is 0.340 e. The van der Waals surface area contributed by atoms with Gasteiger partial charge in [0.2, 0.25) is 5.91 Å². The smallest absolute Gasteiger partial charge is 0.225 e. The van der Waals surface area contributed by atoms with Crippen LogP contribution in [-0.4, -0.2) is 29.9 Å². The quantitative estimate of drug-likeness (QED) is 0.802. The number of nitrogens with two attached hydrogens (primary N) is 1. The summed E-state index contributed by atoms with van der Waals surface area (Å²) < 4.78 is 0. The zero-order chi connectivity index (χ0) is 12.8. The van der Waals surface area contributed by atoms with Crippen molar-refractivity contribution >= 4 is 5.91 Å². The van der Waals surface area contributed by atoms with Crippen LogP contribution in [0, 0.1) is 11.8 Å². The lowest BCUT2D eigenvalue weighted by Crippen LogP contribution is -2.42. The third-order valence-electron chi connectivity index (χ3n) is 3.95. The van der Waals surface area contributed by atoms with E-state index >= 15 is 0 Å². The average Bonchev–Trinajstić information content (AvgIpc) is 2.30. The molecule has 1 aliphatic carbocycles. The van der Waals surface area contributed by atoms with Crippen LogP contribution in [0.4, 0.5) is 0 Å². The average molecular weight is 240 g/mol. The molecule has 0 spiro atoms. The summed E-state index contributed by atoms with van der Waals surface area (Å²) in [6.45, 7) is 7.85. The summed E-state index contributed by atoms with van der Waals surface area (Å²) in [5, 5.41) is 0. The standard InChI is InChI=1S/C14H28N2O/c1-4-16(11(2)3)14(17)13-7-5-6-12(10-13)8-9-15/h11-13H,4-10,15H2,1-3H3. The van der Waals surface area contributed by atoms with Crippen molar-refractivity contribution in [3.05, 3.63) is 0 Å². The van der Waals surface area contributed by atoms with Gasteiger partial charge in [-0.15, -0.1) is 0 Å². The Labute approximate surface area is 106 Å². The van der Waals surface area contributed by atoms with Crippen molar-refractivity contribution in [2.24, 2.45) is 17.6 Å². The molecule has 2 atom stereocenters. The Balaban J connectivity index is 2.56. The molecular weight excluding hydrogens is 212 g/mol. The Bertz CT molecular complexity index is 238. The summed E-state index contributed by atoms with van der Waals surface area (Å²) in [6.07, 6.45) is 5.66. The zero-order valence-corrected chi connectivity index (χ0v) is 11.6. The van der Waals surface area contributed by atoms with Gasteiger partial charge < -0.3 is 10.6 Å². The minimum atomic E-state index is 0.252. The molecule has 2 unspecified atom stereocenters. The highest BCUT2D eigenvalue weighted by atomic mass is 16.2. The summed E-state index contributed by atoms with van der Waals surface area (Å²) >= 11 is 0. The van der Waals surface area contributed by atoms with E-state index in [0.29, 0.717) is 17.9 Å². The number of carbonyl (C=O) groups is 1. The number of amides is 1. The SMILES string of the molecule is CCN(C(=O)C1CCCC(CCN)C1)C(C)C. The first-order valence-corrected chi connectivity index (χ1v) is 7.10. The lowest BCUT2D eigenvalue weighted by atomic mass is 9.79. The zero-order valence-electron chi connectivity index (χ0n) is 11.6. The maximum atomic E-state index is 12.4. The van der Waals surface area contributed by atoms with Crippen LogP contribution >= 0.6 is 0 Å². The van der Waals surface area contributed by atoms with Crippen molar-refractivity contribution in [1.29, 1.82) is 0 Å². The van der Waals surface area contributed by atoms with Crippen LogP contribution in [0.25, 0.3) is 0 Å². The Morgan fingerprint density at radius 1 is 1.41 bits per heavy atom. The number of carbonyl (C=O) groups excluding carboxylic acids is 1. The van der Waals surface area contributed by atoms with E-state index in [-0.39, 0.29) is 5.92 Å². The molecule has 100 valence electrons. The molecule has 0 aromatic rings. The van der Waals surface area contributed by atoms with E-state index in [1.807, 2.05) is 4.90 Å². The molecule has 2 N–H and O–H groups in total. The predicted molar refractivity (Wildman–Crippen MR) is 71.6 cm³/mol. The van der Waals surface area contributed by atoms with E-state index in [1.54, 1.807) is 0 Å². The van der Waals surface area contributed by atoms with E-state index in [9.17, 15) is 4.79 Å². The molecule has 1 rings (SSSR count). The van der Waals surface area contributed by atoms with Crippen LogP contribution in [-0.2, 0) is 4.79 Å². The topological polar surface area (TPSA) is 46.3 Å². The molecule has 0 bridgehead atoms. The van der Waals surface area contributed by atoms with Gasteiger partial charge in [-0.3, -0.25) is 4.79 Å². The molecule has 3 nitrogen and oxygen atoms in total. The highest BCUT2D eigenvalue weighted by Gasteiger charge is 2.30. The van der Waals surface area contributed by atoms with Crippen molar-refractivity contribution in [2.75, 3.05) is 13.1 Å². The highest BCUT2D eigenvalue weighted by Crippen LogP contribution is 2.32. The summed E-state index contributed by atoms with van der Waals surface area (Å²) in [4.78, 5) is 14.4. The van der Waals surface area contributed by atoms with Crippen LogP contribution in [0.2, 0.25) is 0 Å². The van der Waals surface area contributed by atoms with Crippen molar-refractivity contribution in [2.45, 2.75) is 58.9 Å². The van der Waals surface area contributed by atoms with Gasteiger partial charge in [-0.2, -0.15) is 0 Å². The third-order valence-corrected chi connectivity index (χ3v) is 3.95. The van der Waals surface area contributed by atoms with Gasteiger partial charge in [0.25, 0.3) is 0 Å². The van der Waals surface area contributed by atoms with Crippen LogP contribution < -0.4 is 5.73 Å². The highest BCUT2D eigenvalue weighted by molar-refractivity contribution is 5.79. The Morgan fingerprint density at radius 2 is 2.12 bits per heavy atom. The second-order valence-corrected chi connectivity index (χ2v) is 5.52. The normalized spacial score (nSPS) is 25.0. The Morgan fingerprint density at radius 3 is 2.65 bits per heavy atom. The molecule has 3 heteroatoms. The molecule has 0 aromatic carbocycles. The fourth-order valence-corrected chi connectivity index (χ4v) is 3.02. The molecule has 0 heterocycles. The fraction of sp³-hybridized carbons (Fsp3) is 0.929. The second-order valence-electron chi connectivity index (χ2n) is 5.52. The number of hydrogen-bond acceptors (Lipinski definition) is 2. The lowest BCUT2D eigenvalue weighted by Gasteiger charge is -2.34. The van der Waals surface area contributed by atoms with Crippen molar-refractivity contribution in [3.8, 4) is 0 Å². The Hall–Kier alpha value is -0.570. The Kier molecular flexibility index (Phi) is 5.96. The summed E-state index contributed by atoms with van der Waals surface area (Å²) in [6, 6.07) is 0.322. The molecule has 1 aliphatic rings. The molecule has 17 heavy (non-hydrogen) atoms. The van der Waals surface area contributed by atoms with E-state index in [0.717, 1.165) is 32.4 Å².